The molecule has 21 heavy (non-hydrogen) atoms. The number of benzene rings is 1. The quantitative estimate of drug-likeness (QED) is 0.753. The molecule has 6 heteroatoms. The largest absolute Gasteiger partial charge is 0.423 e. The Bertz CT molecular complexity index is 672. The average molecular weight is 283 g/mol. The molecule has 0 amide bonds. The van der Waals surface area contributed by atoms with Gasteiger partial charge in [0.2, 0.25) is 12.3 Å². The Morgan fingerprint density at radius 3 is 2.76 bits per heavy atom. The summed E-state index contributed by atoms with van der Waals surface area (Å²) >= 11 is 0. The highest BCUT2D eigenvalue weighted by Gasteiger charge is 2.04. The second kappa shape index (κ2) is 6.21. The van der Waals surface area contributed by atoms with Crippen molar-refractivity contribution >= 4 is 5.69 Å². The Labute approximate surface area is 122 Å². The second-order valence-corrected chi connectivity index (χ2v) is 4.72. The van der Waals surface area contributed by atoms with Crippen LogP contribution in [-0.2, 0) is 13.1 Å². The fourth-order valence-electron chi connectivity index (χ4n) is 2.15. The van der Waals surface area contributed by atoms with Crippen molar-refractivity contribution < 1.29 is 4.42 Å². The van der Waals surface area contributed by atoms with Gasteiger partial charge in [-0.3, -0.25) is 4.68 Å². The molecule has 0 saturated heterocycles. The zero-order valence-electron chi connectivity index (χ0n) is 11.9. The molecule has 108 valence electrons. The molecule has 2 aromatic heterocycles. The van der Waals surface area contributed by atoms with Gasteiger partial charge in [-0.25, -0.2) is 0 Å². The van der Waals surface area contributed by atoms with E-state index in [1.54, 1.807) is 0 Å². The topological polar surface area (TPSA) is 68.8 Å². The van der Waals surface area contributed by atoms with E-state index in [9.17, 15) is 0 Å². The van der Waals surface area contributed by atoms with Crippen LogP contribution in [0.25, 0.3) is 11.5 Å². The van der Waals surface area contributed by atoms with E-state index in [-0.39, 0.29) is 0 Å². The van der Waals surface area contributed by atoms with E-state index in [0.717, 1.165) is 30.8 Å². The van der Waals surface area contributed by atoms with Gasteiger partial charge in [-0.2, -0.15) is 5.10 Å². The lowest BCUT2D eigenvalue weighted by Crippen LogP contribution is -2.08. The highest BCUT2D eigenvalue weighted by molar-refractivity contribution is 5.58. The minimum absolute atomic E-state index is 0.530. The molecule has 0 atom stereocenters. The molecule has 0 fully saturated rings. The molecule has 1 N–H and O–H groups in total. The number of nitrogens with one attached hydrogen (secondary N) is 1. The van der Waals surface area contributed by atoms with Crippen molar-refractivity contribution in [3.8, 4) is 11.5 Å². The molecule has 0 aliphatic carbocycles. The first-order valence-electron chi connectivity index (χ1n) is 6.98. The van der Waals surface area contributed by atoms with E-state index in [0.29, 0.717) is 5.89 Å². The molecule has 0 saturated carbocycles. The van der Waals surface area contributed by atoms with Crippen molar-refractivity contribution in [3.05, 3.63) is 48.6 Å². The van der Waals surface area contributed by atoms with Crippen molar-refractivity contribution in [2.75, 3.05) is 5.32 Å². The second-order valence-electron chi connectivity index (χ2n) is 4.72. The van der Waals surface area contributed by atoms with E-state index in [1.165, 1.54) is 12.1 Å². The minimum Gasteiger partial charge on any atom is -0.423 e. The Morgan fingerprint density at radius 2 is 2.05 bits per heavy atom. The highest BCUT2D eigenvalue weighted by Crippen LogP contribution is 2.19. The summed E-state index contributed by atoms with van der Waals surface area (Å²) in [5.41, 5.74) is 3.13. The molecule has 6 nitrogen and oxygen atoms in total. The van der Waals surface area contributed by atoms with E-state index in [1.807, 2.05) is 41.2 Å². The van der Waals surface area contributed by atoms with Gasteiger partial charge in [0.15, 0.2) is 0 Å². The first-order chi connectivity index (χ1) is 10.4. The predicted molar refractivity (Wildman–Crippen MR) is 79.6 cm³/mol. The molecular weight excluding hydrogens is 266 g/mol. The lowest BCUT2D eigenvalue weighted by Gasteiger charge is -2.09. The van der Waals surface area contributed by atoms with Gasteiger partial charge in [0, 0.05) is 24.0 Å². The third kappa shape index (κ3) is 3.10. The van der Waals surface area contributed by atoms with Crippen molar-refractivity contribution in [2.24, 2.45) is 0 Å². The lowest BCUT2D eigenvalue weighted by molar-refractivity contribution is 0.568. The molecule has 0 unspecified atom stereocenters. The smallest absolute Gasteiger partial charge is 0.247 e. The SMILES string of the molecule is CCCn1nccc1CNc1ccc(-c2nnco2)cc1. The first-order valence-corrected chi connectivity index (χ1v) is 6.98. The van der Waals surface area contributed by atoms with Crippen molar-refractivity contribution in [3.63, 3.8) is 0 Å². The van der Waals surface area contributed by atoms with E-state index in [4.69, 9.17) is 4.42 Å². The van der Waals surface area contributed by atoms with Crippen LogP contribution >= 0.6 is 0 Å². The van der Waals surface area contributed by atoms with Crippen LogP contribution in [0.3, 0.4) is 0 Å². The van der Waals surface area contributed by atoms with Crippen LogP contribution < -0.4 is 5.32 Å². The number of anilines is 1. The zero-order valence-corrected chi connectivity index (χ0v) is 11.9. The van der Waals surface area contributed by atoms with Crippen molar-refractivity contribution in [1.29, 1.82) is 0 Å². The van der Waals surface area contributed by atoms with Crippen molar-refractivity contribution in [1.82, 2.24) is 20.0 Å². The Morgan fingerprint density at radius 1 is 1.19 bits per heavy atom. The molecule has 0 bridgehead atoms. The molecule has 3 aromatic rings. The van der Waals surface area contributed by atoms with Gasteiger partial charge in [0.05, 0.1) is 12.2 Å². The Kier molecular flexibility index (Phi) is 3.95. The lowest BCUT2D eigenvalue weighted by atomic mass is 10.2. The van der Waals surface area contributed by atoms with Crippen LogP contribution in [0.1, 0.15) is 19.0 Å². The summed E-state index contributed by atoms with van der Waals surface area (Å²) in [6.45, 7) is 3.84. The van der Waals surface area contributed by atoms with Gasteiger partial charge in [0.1, 0.15) is 0 Å². The van der Waals surface area contributed by atoms with Crippen LogP contribution in [0.2, 0.25) is 0 Å². The molecule has 0 radical (unpaired) electrons. The number of hydrogen-bond donors (Lipinski definition) is 1. The molecule has 0 spiro atoms. The normalized spacial score (nSPS) is 10.7. The number of hydrogen-bond acceptors (Lipinski definition) is 5. The van der Waals surface area contributed by atoms with Gasteiger partial charge in [-0.1, -0.05) is 6.92 Å². The predicted octanol–water partition coefficient (Wildman–Crippen LogP) is 2.96. The first kappa shape index (κ1) is 13.4. The maximum Gasteiger partial charge on any atom is 0.247 e. The van der Waals surface area contributed by atoms with Gasteiger partial charge in [0.25, 0.3) is 0 Å². The van der Waals surface area contributed by atoms with Crippen LogP contribution in [0, 0.1) is 0 Å². The van der Waals surface area contributed by atoms with Crippen LogP contribution in [0.5, 0.6) is 0 Å². The molecule has 3 rings (SSSR count). The number of rotatable bonds is 6. The minimum atomic E-state index is 0.530. The van der Waals surface area contributed by atoms with Crippen LogP contribution in [-0.4, -0.2) is 20.0 Å². The number of aromatic nitrogens is 4. The summed E-state index contributed by atoms with van der Waals surface area (Å²) in [6, 6.07) is 9.95. The third-order valence-corrected chi connectivity index (χ3v) is 3.21. The van der Waals surface area contributed by atoms with Crippen LogP contribution in [0.15, 0.2) is 47.3 Å². The number of nitrogens with zero attached hydrogens (tertiary/aromatic N) is 4. The van der Waals surface area contributed by atoms with Gasteiger partial charge >= 0.3 is 0 Å². The van der Waals surface area contributed by atoms with Crippen LogP contribution in [0.4, 0.5) is 5.69 Å². The summed E-state index contributed by atoms with van der Waals surface area (Å²) in [6.07, 6.45) is 4.25. The zero-order chi connectivity index (χ0) is 14.5. The monoisotopic (exact) mass is 283 g/mol. The van der Waals surface area contributed by atoms with E-state index in [2.05, 4.69) is 27.5 Å². The maximum atomic E-state index is 5.17. The molecular formula is C15H17N5O. The summed E-state index contributed by atoms with van der Waals surface area (Å²) < 4.78 is 7.19. The average Bonchev–Trinajstić information content (AvgIpc) is 3.18. The van der Waals surface area contributed by atoms with Gasteiger partial charge < -0.3 is 9.73 Å². The highest BCUT2D eigenvalue weighted by atomic mass is 16.4. The van der Waals surface area contributed by atoms with Crippen molar-refractivity contribution in [2.45, 2.75) is 26.4 Å². The molecule has 0 aliphatic rings. The Hall–Kier alpha value is -2.63. The standard InChI is InChI=1S/C15H17N5O/c1-2-9-20-14(7-8-18-20)10-16-13-5-3-12(4-6-13)15-19-17-11-21-15/h3-8,11,16H,2,9-10H2,1H3. The Balaban J connectivity index is 1.64. The fourth-order valence-corrected chi connectivity index (χ4v) is 2.15. The van der Waals surface area contributed by atoms with E-state index >= 15 is 0 Å². The van der Waals surface area contributed by atoms with Gasteiger partial charge in [-0.15, -0.1) is 10.2 Å². The summed E-state index contributed by atoms with van der Waals surface area (Å²) in [5.74, 6) is 0.530. The summed E-state index contributed by atoms with van der Waals surface area (Å²) in [4.78, 5) is 0. The summed E-state index contributed by atoms with van der Waals surface area (Å²) in [5, 5.41) is 15.3. The number of aryl methyl sites for hydroxylation is 1. The molecule has 2 heterocycles. The fraction of sp³-hybridized carbons (Fsp3) is 0.267. The third-order valence-electron chi connectivity index (χ3n) is 3.21. The van der Waals surface area contributed by atoms with E-state index < -0.39 is 0 Å². The maximum absolute atomic E-state index is 5.17. The summed E-state index contributed by atoms with van der Waals surface area (Å²) in [7, 11) is 0. The molecule has 0 aliphatic heterocycles. The molecule has 1 aromatic carbocycles. The van der Waals surface area contributed by atoms with Gasteiger partial charge in [-0.05, 0) is 36.8 Å².